The molecule has 1 aliphatic carbocycles. The number of hydrogen-bond acceptors (Lipinski definition) is 2. The highest BCUT2D eigenvalue weighted by molar-refractivity contribution is 6.20. The molecule has 0 saturated heterocycles. The van der Waals surface area contributed by atoms with Crippen molar-refractivity contribution in [1.82, 2.24) is 4.57 Å². The summed E-state index contributed by atoms with van der Waals surface area (Å²) in [6.45, 7) is 4.72. The first-order chi connectivity index (χ1) is 38.5. The second kappa shape index (κ2) is 19.3. The van der Waals surface area contributed by atoms with Crippen LogP contribution in [0.25, 0.3) is 83.1 Å². The predicted molar refractivity (Wildman–Crippen MR) is 329 cm³/mol. The summed E-state index contributed by atoms with van der Waals surface area (Å²) < 4.78 is 2.51. The Morgan fingerprint density at radius 2 is 0.705 bits per heavy atom. The van der Waals surface area contributed by atoms with E-state index in [1.165, 1.54) is 77.4 Å². The lowest BCUT2D eigenvalue weighted by Crippen LogP contribution is -2.16. The maximum Gasteiger partial charge on any atom is 0.0620 e. The van der Waals surface area contributed by atoms with Crippen LogP contribution < -0.4 is 9.80 Å². The fourth-order valence-electron chi connectivity index (χ4n) is 12.3. The van der Waals surface area contributed by atoms with E-state index in [1.54, 1.807) is 0 Å². The summed E-state index contributed by atoms with van der Waals surface area (Å²) in [6.07, 6.45) is 0. The third-order valence-electron chi connectivity index (χ3n) is 16.0. The van der Waals surface area contributed by atoms with Crippen LogP contribution in [0.5, 0.6) is 0 Å². The fourth-order valence-corrected chi connectivity index (χ4v) is 12.3. The van der Waals surface area contributed by atoms with Gasteiger partial charge in [0, 0.05) is 61.6 Å². The van der Waals surface area contributed by atoms with Gasteiger partial charge in [0.15, 0.2) is 0 Å². The highest BCUT2D eigenvalue weighted by atomic mass is 15.2. The van der Waals surface area contributed by atoms with Gasteiger partial charge in [-0.05, 0) is 152 Å². The van der Waals surface area contributed by atoms with Gasteiger partial charge in [-0.3, -0.25) is 0 Å². The van der Waals surface area contributed by atoms with E-state index in [1.807, 2.05) is 0 Å². The van der Waals surface area contributed by atoms with E-state index in [2.05, 4.69) is 325 Å². The highest BCUT2D eigenvalue weighted by Crippen LogP contribution is 2.52. The highest BCUT2D eigenvalue weighted by Gasteiger charge is 2.36. The van der Waals surface area contributed by atoms with Crippen LogP contribution in [0.15, 0.2) is 297 Å². The van der Waals surface area contributed by atoms with Crippen LogP contribution in [0.2, 0.25) is 0 Å². The van der Waals surface area contributed by atoms with Gasteiger partial charge in [0.05, 0.1) is 11.2 Å². The third-order valence-corrected chi connectivity index (χ3v) is 16.0. The van der Waals surface area contributed by atoms with Gasteiger partial charge in [0.2, 0.25) is 0 Å². The van der Waals surface area contributed by atoms with Gasteiger partial charge in [-0.15, -0.1) is 0 Å². The predicted octanol–water partition coefficient (Wildman–Crippen LogP) is 20.7. The molecule has 12 aromatic carbocycles. The van der Waals surface area contributed by atoms with E-state index < -0.39 is 0 Å². The maximum atomic E-state index is 2.51. The monoisotopic (exact) mass is 997 g/mol. The van der Waals surface area contributed by atoms with Crippen LogP contribution in [-0.2, 0) is 5.41 Å². The molecule has 0 spiro atoms. The first kappa shape index (κ1) is 46.6. The van der Waals surface area contributed by atoms with E-state index >= 15 is 0 Å². The van der Waals surface area contributed by atoms with Gasteiger partial charge in [-0.1, -0.05) is 220 Å². The third kappa shape index (κ3) is 7.99. The molecule has 14 rings (SSSR count). The largest absolute Gasteiger partial charge is 0.311 e. The van der Waals surface area contributed by atoms with Crippen LogP contribution in [0.3, 0.4) is 0 Å². The van der Waals surface area contributed by atoms with Crippen molar-refractivity contribution in [3.8, 4) is 61.5 Å². The number of aromatic nitrogens is 1. The topological polar surface area (TPSA) is 11.4 Å². The normalized spacial score (nSPS) is 12.3. The lowest BCUT2D eigenvalue weighted by molar-refractivity contribution is 0.660. The fraction of sp³-hybridized carbons (Fsp3) is 0.0400. The molecule has 3 nitrogen and oxygen atoms in total. The lowest BCUT2D eigenvalue weighted by atomic mass is 9.82. The Balaban J connectivity index is 0.939. The lowest BCUT2D eigenvalue weighted by Gasteiger charge is -2.29. The number of benzene rings is 12. The Bertz CT molecular complexity index is 4240. The zero-order chi connectivity index (χ0) is 52.2. The van der Waals surface area contributed by atoms with Crippen molar-refractivity contribution >= 4 is 55.8 Å². The molecule has 1 aliphatic rings. The Morgan fingerprint density at radius 3 is 1.31 bits per heavy atom. The van der Waals surface area contributed by atoms with Crippen LogP contribution in [-0.4, -0.2) is 4.57 Å². The molecule has 0 saturated carbocycles. The van der Waals surface area contributed by atoms with E-state index in [0.717, 1.165) is 50.9 Å². The second-order valence-electron chi connectivity index (χ2n) is 20.9. The molecule has 0 atom stereocenters. The van der Waals surface area contributed by atoms with Crippen molar-refractivity contribution in [1.29, 1.82) is 0 Å². The summed E-state index contributed by atoms with van der Waals surface area (Å²) in [5.41, 5.74) is 23.5. The van der Waals surface area contributed by atoms with Gasteiger partial charge in [-0.25, -0.2) is 0 Å². The molecule has 3 heteroatoms. The summed E-state index contributed by atoms with van der Waals surface area (Å²) >= 11 is 0. The minimum absolute atomic E-state index is 0.156. The molecule has 0 amide bonds. The summed E-state index contributed by atoms with van der Waals surface area (Å²) in [4.78, 5) is 4.74. The molecule has 0 radical (unpaired) electrons. The first-order valence-corrected chi connectivity index (χ1v) is 27.0. The molecule has 0 aliphatic heterocycles. The average molecular weight is 998 g/mol. The van der Waals surface area contributed by atoms with Crippen LogP contribution in [0, 0.1) is 0 Å². The minimum Gasteiger partial charge on any atom is -0.311 e. The van der Waals surface area contributed by atoms with Gasteiger partial charge >= 0.3 is 0 Å². The number of fused-ring (bicyclic) bond motifs is 6. The van der Waals surface area contributed by atoms with Crippen molar-refractivity contribution < 1.29 is 0 Å². The van der Waals surface area contributed by atoms with Gasteiger partial charge in [0.25, 0.3) is 0 Å². The zero-order valence-electron chi connectivity index (χ0n) is 43.6. The van der Waals surface area contributed by atoms with E-state index in [-0.39, 0.29) is 5.41 Å². The van der Waals surface area contributed by atoms with Crippen LogP contribution in [0.4, 0.5) is 34.1 Å². The maximum absolute atomic E-state index is 2.51. The summed E-state index contributed by atoms with van der Waals surface area (Å²) in [7, 11) is 0. The molecule has 1 heterocycles. The zero-order valence-corrected chi connectivity index (χ0v) is 43.6. The molecule has 13 aromatic rings. The number of anilines is 6. The van der Waals surface area contributed by atoms with Crippen molar-refractivity contribution in [2.45, 2.75) is 19.3 Å². The minimum atomic E-state index is -0.156. The van der Waals surface area contributed by atoms with Crippen molar-refractivity contribution in [3.05, 3.63) is 308 Å². The Labute approximate surface area is 456 Å². The standard InChI is InChI=1S/C75H55N3/c1-75(2)70-35-21-20-33-65(70)66-49-48-63(50-71(66)75)77(61-46-44-60(45-47-61)76(57-28-14-6-15-29-57)58-30-16-7-17-31-58)59-42-38-54(39-43-59)68-51-69-72(55-24-10-4-11-25-55)73(56-26-12-5-13-27-56)78(74(69)67-34-19-18-32-64(67)68)62-40-36-53(37-41-62)52-22-8-3-9-23-52/h3-51H,1-2H3. The molecule has 0 N–H and O–H groups in total. The average Bonchev–Trinajstić information content (AvgIpc) is 4.00. The Morgan fingerprint density at radius 1 is 0.282 bits per heavy atom. The van der Waals surface area contributed by atoms with Crippen LogP contribution in [0.1, 0.15) is 25.0 Å². The molecule has 0 bridgehead atoms. The molecule has 1 aromatic heterocycles. The number of rotatable bonds is 11. The second-order valence-corrected chi connectivity index (χ2v) is 20.9. The van der Waals surface area contributed by atoms with E-state index in [4.69, 9.17) is 0 Å². The molecule has 0 fully saturated rings. The molecular formula is C75H55N3. The quantitative estimate of drug-likeness (QED) is 0.128. The van der Waals surface area contributed by atoms with Gasteiger partial charge in [-0.2, -0.15) is 0 Å². The molecule has 0 unspecified atom stereocenters. The number of hydrogen-bond donors (Lipinski definition) is 0. The SMILES string of the molecule is CC1(C)c2ccccc2-c2ccc(N(c3ccc(-c4cc5c(-c6ccccc6)c(-c6ccccc6)n(-c6ccc(-c7ccccc7)cc6)c5c5ccccc45)cc3)c3ccc(N(c4ccccc4)c4ccccc4)cc3)cc21. The van der Waals surface area contributed by atoms with E-state index in [9.17, 15) is 0 Å². The summed E-state index contributed by atoms with van der Waals surface area (Å²) in [5.74, 6) is 0. The Hall–Kier alpha value is -9.96. The van der Waals surface area contributed by atoms with Crippen molar-refractivity contribution in [2.75, 3.05) is 9.80 Å². The Kier molecular flexibility index (Phi) is 11.5. The molecule has 78 heavy (non-hydrogen) atoms. The van der Waals surface area contributed by atoms with Gasteiger partial charge < -0.3 is 14.4 Å². The summed E-state index contributed by atoms with van der Waals surface area (Å²) in [6, 6.07) is 109. The summed E-state index contributed by atoms with van der Waals surface area (Å²) in [5, 5.41) is 3.60. The number of nitrogens with zero attached hydrogens (tertiary/aromatic N) is 3. The van der Waals surface area contributed by atoms with Crippen molar-refractivity contribution in [3.63, 3.8) is 0 Å². The van der Waals surface area contributed by atoms with Gasteiger partial charge in [0.1, 0.15) is 0 Å². The molecular weight excluding hydrogens is 943 g/mol. The van der Waals surface area contributed by atoms with E-state index in [0.29, 0.717) is 0 Å². The van der Waals surface area contributed by atoms with Crippen molar-refractivity contribution in [2.24, 2.45) is 0 Å². The smallest absolute Gasteiger partial charge is 0.0620 e. The number of para-hydroxylation sites is 2. The molecule has 370 valence electrons. The van der Waals surface area contributed by atoms with Crippen LogP contribution >= 0.6 is 0 Å². The first-order valence-electron chi connectivity index (χ1n) is 27.0.